The van der Waals surface area contributed by atoms with Crippen molar-refractivity contribution in [3.63, 3.8) is 0 Å². The molecule has 1 aromatic carbocycles. The highest BCUT2D eigenvalue weighted by Crippen LogP contribution is 2.26. The third kappa shape index (κ3) is 4.80. The number of para-hydroxylation sites is 1. The van der Waals surface area contributed by atoms with E-state index in [1.165, 1.54) is 0 Å². The molecule has 0 heterocycles. The number of sulfone groups is 1. The van der Waals surface area contributed by atoms with Gasteiger partial charge in [0.05, 0.1) is 16.3 Å². The Hall–Kier alpha value is -0.550. The van der Waals surface area contributed by atoms with Crippen LogP contribution in [0.5, 0.6) is 0 Å². The molecule has 0 aliphatic carbocycles. The molecule has 0 radical (unpaired) electrons. The molecule has 0 aliphatic heterocycles. The number of nitrogens with zero attached hydrogens (tertiary/aromatic N) is 1. The van der Waals surface area contributed by atoms with Crippen LogP contribution in [0.15, 0.2) is 29.2 Å². The van der Waals surface area contributed by atoms with Crippen LogP contribution in [0.2, 0.25) is 0 Å². The Morgan fingerprint density at radius 3 is 2.53 bits per heavy atom. The van der Waals surface area contributed by atoms with Gasteiger partial charge in [0.2, 0.25) is 0 Å². The monoisotopic (exact) mass is 347 g/mol. The highest BCUT2D eigenvalue weighted by Gasteiger charge is 2.19. The van der Waals surface area contributed by atoms with Crippen molar-refractivity contribution in [3.8, 4) is 0 Å². The Morgan fingerprint density at radius 2 is 1.95 bits per heavy atom. The molecule has 0 spiro atoms. The summed E-state index contributed by atoms with van der Waals surface area (Å²) in [6, 6.07) is 7.25. The molecule has 1 rings (SSSR count). The SMILES string of the molecule is CCCS(=O)(=O)c1ccccc1N(C)CCC(C)Br. The molecule has 0 bridgehead atoms. The van der Waals surface area contributed by atoms with E-state index in [0.717, 1.165) is 18.7 Å². The number of anilines is 1. The van der Waals surface area contributed by atoms with Crippen LogP contribution in [-0.4, -0.2) is 32.6 Å². The molecule has 1 unspecified atom stereocenters. The van der Waals surface area contributed by atoms with E-state index >= 15 is 0 Å². The average Bonchev–Trinajstić information content (AvgIpc) is 2.36. The largest absolute Gasteiger partial charge is 0.374 e. The summed E-state index contributed by atoms with van der Waals surface area (Å²) in [4.78, 5) is 2.89. The van der Waals surface area contributed by atoms with E-state index in [4.69, 9.17) is 0 Å². The number of hydrogen-bond acceptors (Lipinski definition) is 3. The summed E-state index contributed by atoms with van der Waals surface area (Å²) in [7, 11) is -1.24. The third-order valence-corrected chi connectivity index (χ3v) is 5.37. The summed E-state index contributed by atoms with van der Waals surface area (Å²) in [5.74, 6) is 0.201. The first-order valence-electron chi connectivity index (χ1n) is 6.55. The van der Waals surface area contributed by atoms with Crippen LogP contribution < -0.4 is 4.90 Å². The van der Waals surface area contributed by atoms with Crippen molar-refractivity contribution < 1.29 is 8.42 Å². The molecule has 0 N–H and O–H groups in total. The maximum absolute atomic E-state index is 12.3. The number of benzene rings is 1. The normalized spacial score (nSPS) is 13.3. The fourth-order valence-electron chi connectivity index (χ4n) is 1.91. The lowest BCUT2D eigenvalue weighted by Crippen LogP contribution is -2.23. The summed E-state index contributed by atoms with van der Waals surface area (Å²) in [6.07, 6.45) is 1.61. The van der Waals surface area contributed by atoms with Crippen LogP contribution in [0.3, 0.4) is 0 Å². The Kier molecular flexibility index (Phi) is 6.33. The van der Waals surface area contributed by atoms with Crippen LogP contribution in [0.1, 0.15) is 26.7 Å². The lowest BCUT2D eigenvalue weighted by molar-refractivity contribution is 0.594. The standard InChI is InChI=1S/C14H22BrNO2S/c1-4-11-19(17,18)14-8-6-5-7-13(14)16(3)10-9-12(2)15/h5-8,12H,4,9-11H2,1-3H3. The minimum Gasteiger partial charge on any atom is -0.374 e. The summed E-state index contributed by atoms with van der Waals surface area (Å²) in [5, 5.41) is 0. The van der Waals surface area contributed by atoms with E-state index in [9.17, 15) is 8.42 Å². The van der Waals surface area contributed by atoms with Gasteiger partial charge < -0.3 is 4.90 Å². The summed E-state index contributed by atoms with van der Waals surface area (Å²) < 4.78 is 24.5. The van der Waals surface area contributed by atoms with Crippen molar-refractivity contribution in [1.82, 2.24) is 0 Å². The summed E-state index contributed by atoms with van der Waals surface area (Å²) in [5.41, 5.74) is 0.795. The molecular weight excluding hydrogens is 326 g/mol. The van der Waals surface area contributed by atoms with E-state index in [0.29, 0.717) is 16.1 Å². The van der Waals surface area contributed by atoms with Crippen molar-refractivity contribution in [2.24, 2.45) is 0 Å². The van der Waals surface area contributed by atoms with Crippen LogP contribution in [0.4, 0.5) is 5.69 Å². The van der Waals surface area contributed by atoms with E-state index in [1.54, 1.807) is 12.1 Å². The van der Waals surface area contributed by atoms with Crippen LogP contribution in [-0.2, 0) is 9.84 Å². The first-order chi connectivity index (χ1) is 8.88. The van der Waals surface area contributed by atoms with Gasteiger partial charge in [0, 0.05) is 18.4 Å². The topological polar surface area (TPSA) is 37.4 Å². The second-order valence-electron chi connectivity index (χ2n) is 4.78. The molecular formula is C14H22BrNO2S. The van der Waals surface area contributed by atoms with Gasteiger partial charge in [-0.3, -0.25) is 0 Å². The minimum absolute atomic E-state index is 0.201. The second kappa shape index (κ2) is 7.29. The molecule has 0 amide bonds. The first-order valence-corrected chi connectivity index (χ1v) is 9.12. The zero-order valence-electron chi connectivity index (χ0n) is 11.8. The number of halogens is 1. The van der Waals surface area contributed by atoms with Crippen molar-refractivity contribution in [3.05, 3.63) is 24.3 Å². The van der Waals surface area contributed by atoms with Gasteiger partial charge in [-0.05, 0) is 25.0 Å². The van der Waals surface area contributed by atoms with Gasteiger partial charge in [-0.25, -0.2) is 8.42 Å². The highest BCUT2D eigenvalue weighted by molar-refractivity contribution is 9.09. The zero-order chi connectivity index (χ0) is 14.5. The molecule has 19 heavy (non-hydrogen) atoms. The lowest BCUT2D eigenvalue weighted by atomic mass is 10.2. The Bertz CT molecular complexity index is 500. The number of hydrogen-bond donors (Lipinski definition) is 0. The molecule has 0 saturated heterocycles. The smallest absolute Gasteiger partial charge is 0.180 e. The highest BCUT2D eigenvalue weighted by atomic mass is 79.9. The number of rotatable bonds is 7. The van der Waals surface area contributed by atoms with Gasteiger partial charge in [0.15, 0.2) is 9.84 Å². The molecule has 1 atom stereocenters. The fourth-order valence-corrected chi connectivity index (χ4v) is 3.70. The van der Waals surface area contributed by atoms with E-state index in [1.807, 2.05) is 31.0 Å². The molecule has 0 aromatic heterocycles. The maximum Gasteiger partial charge on any atom is 0.180 e. The molecule has 3 nitrogen and oxygen atoms in total. The van der Waals surface area contributed by atoms with Gasteiger partial charge >= 0.3 is 0 Å². The first kappa shape index (κ1) is 16.5. The van der Waals surface area contributed by atoms with Gasteiger partial charge in [0.1, 0.15) is 0 Å². The predicted octanol–water partition coefficient (Wildman–Crippen LogP) is 3.48. The van der Waals surface area contributed by atoms with E-state index < -0.39 is 9.84 Å². The minimum atomic E-state index is -3.18. The maximum atomic E-state index is 12.3. The van der Waals surface area contributed by atoms with Crippen LogP contribution in [0.25, 0.3) is 0 Å². The third-order valence-electron chi connectivity index (χ3n) is 2.95. The fraction of sp³-hybridized carbons (Fsp3) is 0.571. The van der Waals surface area contributed by atoms with Gasteiger partial charge in [-0.15, -0.1) is 0 Å². The molecule has 1 aromatic rings. The second-order valence-corrected chi connectivity index (χ2v) is 8.42. The van der Waals surface area contributed by atoms with Crippen molar-refractivity contribution in [2.75, 3.05) is 24.2 Å². The average molecular weight is 348 g/mol. The van der Waals surface area contributed by atoms with Crippen LogP contribution in [0, 0.1) is 0 Å². The van der Waals surface area contributed by atoms with E-state index in [-0.39, 0.29) is 5.75 Å². The van der Waals surface area contributed by atoms with Gasteiger partial charge in [-0.2, -0.15) is 0 Å². The van der Waals surface area contributed by atoms with Crippen molar-refractivity contribution in [1.29, 1.82) is 0 Å². The molecule has 108 valence electrons. The molecule has 0 aliphatic rings. The lowest BCUT2D eigenvalue weighted by Gasteiger charge is -2.22. The Balaban J connectivity index is 3.02. The van der Waals surface area contributed by atoms with Crippen molar-refractivity contribution in [2.45, 2.75) is 36.4 Å². The quantitative estimate of drug-likeness (QED) is 0.708. The van der Waals surface area contributed by atoms with Crippen LogP contribution >= 0.6 is 15.9 Å². The Morgan fingerprint density at radius 1 is 1.32 bits per heavy atom. The van der Waals surface area contributed by atoms with E-state index in [2.05, 4.69) is 22.9 Å². The van der Waals surface area contributed by atoms with Gasteiger partial charge in [-0.1, -0.05) is 41.9 Å². The Labute approximate surface area is 125 Å². The predicted molar refractivity (Wildman–Crippen MR) is 85.1 cm³/mol. The molecule has 0 fully saturated rings. The van der Waals surface area contributed by atoms with Gasteiger partial charge in [0.25, 0.3) is 0 Å². The summed E-state index contributed by atoms with van der Waals surface area (Å²) in [6.45, 7) is 4.80. The zero-order valence-corrected chi connectivity index (χ0v) is 14.2. The van der Waals surface area contributed by atoms with Crippen molar-refractivity contribution >= 4 is 31.5 Å². The molecule has 0 saturated carbocycles. The number of alkyl halides is 1. The molecule has 5 heteroatoms. The summed E-state index contributed by atoms with van der Waals surface area (Å²) >= 11 is 3.51.